The Morgan fingerprint density at radius 1 is 1.27 bits per heavy atom. The van der Waals surface area contributed by atoms with Gasteiger partial charge in [-0.15, -0.1) is 0 Å². The third-order valence-corrected chi connectivity index (χ3v) is 2.63. The average Bonchev–Trinajstić information content (AvgIpc) is 2.28. The van der Waals surface area contributed by atoms with E-state index < -0.39 is 0 Å². The molecule has 1 aliphatic heterocycles. The molecule has 0 unspecified atom stereocenters. The molecule has 2 aromatic rings. The highest BCUT2D eigenvalue weighted by molar-refractivity contribution is 5.71. The fourth-order valence-electron chi connectivity index (χ4n) is 1.93. The second kappa shape index (κ2) is 3.09. The molecule has 3 rings (SSSR count). The van der Waals surface area contributed by atoms with Crippen LogP contribution in [0, 0.1) is 6.92 Å². The van der Waals surface area contributed by atoms with E-state index in [9.17, 15) is 0 Å². The first-order valence-electron chi connectivity index (χ1n) is 5.02. The van der Waals surface area contributed by atoms with Crippen LogP contribution in [0.4, 0.5) is 0 Å². The van der Waals surface area contributed by atoms with Crippen LogP contribution in [-0.2, 0) is 6.61 Å². The van der Waals surface area contributed by atoms with Gasteiger partial charge in [-0.3, -0.25) is 4.98 Å². The third-order valence-electron chi connectivity index (χ3n) is 2.63. The zero-order chi connectivity index (χ0) is 10.3. The number of nitrogens with zero attached hydrogens (tertiary/aromatic N) is 1. The van der Waals surface area contributed by atoms with Crippen LogP contribution < -0.4 is 4.74 Å². The minimum absolute atomic E-state index is 0.626. The molecule has 1 aromatic heterocycles. The summed E-state index contributed by atoms with van der Waals surface area (Å²) in [4.78, 5) is 4.48. The van der Waals surface area contributed by atoms with E-state index in [0.717, 1.165) is 17.0 Å². The predicted octanol–water partition coefficient (Wildman–Crippen LogP) is 2.95. The predicted molar refractivity (Wildman–Crippen MR) is 58.7 cm³/mol. The van der Waals surface area contributed by atoms with Gasteiger partial charge in [0.25, 0.3) is 0 Å². The molecule has 0 amide bonds. The maximum absolute atomic E-state index is 5.66. The number of aryl methyl sites for hydroxylation is 1. The van der Waals surface area contributed by atoms with Crippen molar-refractivity contribution < 1.29 is 4.74 Å². The maximum atomic E-state index is 5.66. The third kappa shape index (κ3) is 1.30. The molecule has 0 N–H and O–H groups in total. The number of para-hydroxylation sites is 1. The van der Waals surface area contributed by atoms with Crippen LogP contribution in [0.25, 0.3) is 11.3 Å². The topological polar surface area (TPSA) is 22.1 Å². The first-order chi connectivity index (χ1) is 7.34. The summed E-state index contributed by atoms with van der Waals surface area (Å²) in [5, 5.41) is 0. The molecule has 0 spiro atoms. The second-order valence-electron chi connectivity index (χ2n) is 3.81. The highest BCUT2D eigenvalue weighted by atomic mass is 16.5. The molecule has 1 aromatic carbocycles. The standard InChI is InChI=1S/C13H11NO/c1-9-6-10-8-15-12-5-3-2-4-11(12)13(10)14-7-9/h2-7H,8H2,1H3. The second-order valence-corrected chi connectivity index (χ2v) is 3.81. The maximum Gasteiger partial charge on any atom is 0.129 e. The molecule has 0 saturated carbocycles. The number of aromatic nitrogens is 1. The van der Waals surface area contributed by atoms with E-state index in [0.29, 0.717) is 6.61 Å². The summed E-state index contributed by atoms with van der Waals surface area (Å²) >= 11 is 0. The number of pyridine rings is 1. The largest absolute Gasteiger partial charge is 0.488 e. The van der Waals surface area contributed by atoms with Crippen LogP contribution in [-0.4, -0.2) is 4.98 Å². The minimum atomic E-state index is 0.626. The number of benzene rings is 1. The van der Waals surface area contributed by atoms with Crippen molar-refractivity contribution in [3.05, 3.63) is 47.7 Å². The molecule has 74 valence electrons. The van der Waals surface area contributed by atoms with E-state index in [1.54, 1.807) is 0 Å². The molecule has 0 radical (unpaired) electrons. The van der Waals surface area contributed by atoms with Crippen molar-refractivity contribution in [1.82, 2.24) is 4.98 Å². The van der Waals surface area contributed by atoms with Gasteiger partial charge in [-0.25, -0.2) is 0 Å². The monoisotopic (exact) mass is 197 g/mol. The van der Waals surface area contributed by atoms with Gasteiger partial charge >= 0.3 is 0 Å². The SMILES string of the molecule is Cc1cnc2c(c1)COc1ccccc1-2. The van der Waals surface area contributed by atoms with Gasteiger partial charge in [0.15, 0.2) is 0 Å². The van der Waals surface area contributed by atoms with E-state index in [-0.39, 0.29) is 0 Å². The molecule has 0 fully saturated rings. The fourth-order valence-corrected chi connectivity index (χ4v) is 1.93. The summed E-state index contributed by atoms with van der Waals surface area (Å²) in [5.74, 6) is 0.932. The number of fused-ring (bicyclic) bond motifs is 3. The Morgan fingerprint density at radius 2 is 2.13 bits per heavy atom. The Balaban J connectivity index is 2.26. The molecular weight excluding hydrogens is 186 g/mol. The van der Waals surface area contributed by atoms with E-state index in [4.69, 9.17) is 4.74 Å². The highest BCUT2D eigenvalue weighted by Gasteiger charge is 2.17. The van der Waals surface area contributed by atoms with Gasteiger partial charge in [0.1, 0.15) is 12.4 Å². The highest BCUT2D eigenvalue weighted by Crippen LogP contribution is 2.35. The first kappa shape index (κ1) is 8.48. The Labute approximate surface area is 88.5 Å². The van der Waals surface area contributed by atoms with Gasteiger partial charge in [-0.1, -0.05) is 12.1 Å². The number of hydrogen-bond donors (Lipinski definition) is 0. The number of rotatable bonds is 0. The molecule has 0 bridgehead atoms. The lowest BCUT2D eigenvalue weighted by molar-refractivity contribution is 0.301. The summed E-state index contributed by atoms with van der Waals surface area (Å²) in [6.07, 6.45) is 1.90. The van der Waals surface area contributed by atoms with E-state index in [1.165, 1.54) is 11.1 Å². The van der Waals surface area contributed by atoms with Crippen LogP contribution in [0.15, 0.2) is 36.5 Å². The Kier molecular flexibility index (Phi) is 1.75. The molecule has 0 saturated heterocycles. The summed E-state index contributed by atoms with van der Waals surface area (Å²) in [5.41, 5.74) is 4.51. The fraction of sp³-hybridized carbons (Fsp3) is 0.154. The number of hydrogen-bond acceptors (Lipinski definition) is 2. The van der Waals surface area contributed by atoms with Crippen LogP contribution in [0.5, 0.6) is 5.75 Å². The summed E-state index contributed by atoms with van der Waals surface area (Å²) in [6.45, 7) is 2.68. The molecule has 0 aliphatic carbocycles. The minimum Gasteiger partial charge on any atom is -0.488 e. The van der Waals surface area contributed by atoms with Gasteiger partial charge < -0.3 is 4.74 Å². The van der Waals surface area contributed by atoms with Crippen LogP contribution in [0.1, 0.15) is 11.1 Å². The molecule has 2 heterocycles. The molecule has 1 aliphatic rings. The normalized spacial score (nSPS) is 12.6. The summed E-state index contributed by atoms with van der Waals surface area (Å²) in [6, 6.07) is 10.2. The van der Waals surface area contributed by atoms with E-state index in [1.807, 2.05) is 31.3 Å². The first-order valence-corrected chi connectivity index (χ1v) is 5.02. The lowest BCUT2D eigenvalue weighted by Crippen LogP contribution is -2.07. The zero-order valence-electron chi connectivity index (χ0n) is 8.53. The van der Waals surface area contributed by atoms with Gasteiger partial charge in [0.2, 0.25) is 0 Å². The van der Waals surface area contributed by atoms with Crippen molar-refractivity contribution in [2.45, 2.75) is 13.5 Å². The van der Waals surface area contributed by atoms with Crippen molar-refractivity contribution in [1.29, 1.82) is 0 Å². The van der Waals surface area contributed by atoms with Crippen molar-refractivity contribution in [3.8, 4) is 17.0 Å². The Bertz CT molecular complexity index is 520. The van der Waals surface area contributed by atoms with Gasteiger partial charge in [-0.2, -0.15) is 0 Å². The van der Waals surface area contributed by atoms with Crippen molar-refractivity contribution in [2.75, 3.05) is 0 Å². The van der Waals surface area contributed by atoms with Crippen molar-refractivity contribution >= 4 is 0 Å². The lowest BCUT2D eigenvalue weighted by Gasteiger charge is -2.19. The van der Waals surface area contributed by atoms with E-state index >= 15 is 0 Å². The summed E-state index contributed by atoms with van der Waals surface area (Å²) in [7, 11) is 0. The molecular formula is C13H11NO. The van der Waals surface area contributed by atoms with Crippen molar-refractivity contribution in [2.24, 2.45) is 0 Å². The van der Waals surface area contributed by atoms with Gasteiger partial charge in [-0.05, 0) is 30.7 Å². The summed E-state index contributed by atoms with van der Waals surface area (Å²) < 4.78 is 5.66. The van der Waals surface area contributed by atoms with Crippen LogP contribution in [0.2, 0.25) is 0 Å². The quantitative estimate of drug-likeness (QED) is 0.647. The van der Waals surface area contributed by atoms with Gasteiger partial charge in [0, 0.05) is 17.3 Å². The van der Waals surface area contributed by atoms with Crippen LogP contribution >= 0.6 is 0 Å². The van der Waals surface area contributed by atoms with Crippen molar-refractivity contribution in [3.63, 3.8) is 0 Å². The molecule has 0 atom stereocenters. The average molecular weight is 197 g/mol. The van der Waals surface area contributed by atoms with Crippen LogP contribution in [0.3, 0.4) is 0 Å². The molecule has 15 heavy (non-hydrogen) atoms. The molecule has 2 heteroatoms. The smallest absolute Gasteiger partial charge is 0.129 e. The lowest BCUT2D eigenvalue weighted by atomic mass is 10.0. The Morgan fingerprint density at radius 3 is 3.07 bits per heavy atom. The van der Waals surface area contributed by atoms with Gasteiger partial charge in [0.05, 0.1) is 5.69 Å². The number of ether oxygens (including phenoxy) is 1. The zero-order valence-corrected chi connectivity index (χ0v) is 8.53. The molecule has 2 nitrogen and oxygen atoms in total. The van der Waals surface area contributed by atoms with E-state index in [2.05, 4.69) is 17.1 Å². The Hall–Kier alpha value is -1.83.